The van der Waals surface area contributed by atoms with Gasteiger partial charge in [0.05, 0.1) is 11.9 Å². The molecular formula is C9H10N4O2S. The lowest BCUT2D eigenvalue weighted by molar-refractivity contribution is 0.602. The summed E-state index contributed by atoms with van der Waals surface area (Å²) in [4.78, 5) is 1.62. The first-order valence-electron chi connectivity index (χ1n) is 4.51. The zero-order chi connectivity index (χ0) is 11.8. The second-order valence-corrected chi connectivity index (χ2v) is 5.41. The van der Waals surface area contributed by atoms with E-state index in [1.165, 1.54) is 23.2 Å². The molecule has 1 aromatic carbocycles. The first-order valence-corrected chi connectivity index (χ1v) is 6.40. The van der Waals surface area contributed by atoms with Crippen LogP contribution in [-0.2, 0) is 16.9 Å². The van der Waals surface area contributed by atoms with Gasteiger partial charge in [-0.25, -0.2) is 8.42 Å². The van der Waals surface area contributed by atoms with Gasteiger partial charge in [0, 0.05) is 11.8 Å². The van der Waals surface area contributed by atoms with Crippen LogP contribution in [-0.4, -0.2) is 34.9 Å². The van der Waals surface area contributed by atoms with Crippen LogP contribution in [0.15, 0.2) is 29.2 Å². The maximum Gasteiger partial charge on any atom is 0.204 e. The van der Waals surface area contributed by atoms with E-state index in [0.717, 1.165) is 5.56 Å². The van der Waals surface area contributed by atoms with Gasteiger partial charge in [-0.15, -0.1) is 10.2 Å². The van der Waals surface area contributed by atoms with Crippen molar-refractivity contribution in [3.8, 4) is 11.4 Å². The van der Waals surface area contributed by atoms with E-state index in [-0.39, 0.29) is 4.90 Å². The molecule has 0 unspecified atom stereocenters. The Bertz CT molecular complexity index is 601. The summed E-state index contributed by atoms with van der Waals surface area (Å²) >= 11 is 0. The second-order valence-electron chi connectivity index (χ2n) is 3.40. The lowest BCUT2D eigenvalue weighted by atomic mass is 10.2. The van der Waals surface area contributed by atoms with Gasteiger partial charge in [-0.3, -0.25) is 0 Å². The van der Waals surface area contributed by atoms with E-state index >= 15 is 0 Å². The van der Waals surface area contributed by atoms with Crippen molar-refractivity contribution in [1.29, 1.82) is 0 Å². The molecule has 0 amide bonds. The average Bonchev–Trinajstić information content (AvgIpc) is 2.64. The fraction of sp³-hybridized carbons (Fsp3) is 0.222. The molecule has 6 nitrogen and oxygen atoms in total. The van der Waals surface area contributed by atoms with Crippen molar-refractivity contribution in [3.05, 3.63) is 24.3 Å². The molecule has 0 aliphatic carbocycles. The summed E-state index contributed by atoms with van der Waals surface area (Å²) in [5, 5.41) is 11.5. The molecule has 0 aliphatic rings. The highest BCUT2D eigenvalue weighted by Gasteiger charge is 2.08. The summed E-state index contributed by atoms with van der Waals surface area (Å²) in [6.07, 6.45) is 1.17. The van der Waals surface area contributed by atoms with Crippen molar-refractivity contribution in [2.75, 3.05) is 6.26 Å². The normalized spacial score (nSPS) is 11.6. The van der Waals surface area contributed by atoms with Crippen molar-refractivity contribution >= 4 is 9.84 Å². The summed E-state index contributed by atoms with van der Waals surface area (Å²) in [6.45, 7) is 0. The molecule has 84 valence electrons. The summed E-state index contributed by atoms with van der Waals surface area (Å²) in [5.41, 5.74) is 0.737. The number of aromatic nitrogens is 4. The Balaban J connectivity index is 2.40. The second kappa shape index (κ2) is 3.67. The molecule has 0 fully saturated rings. The number of rotatable bonds is 2. The van der Waals surface area contributed by atoms with Crippen LogP contribution in [0.2, 0.25) is 0 Å². The van der Waals surface area contributed by atoms with Crippen LogP contribution in [0.25, 0.3) is 11.4 Å². The molecular weight excluding hydrogens is 228 g/mol. The van der Waals surface area contributed by atoms with E-state index < -0.39 is 9.84 Å². The van der Waals surface area contributed by atoms with Gasteiger partial charge in [0.25, 0.3) is 0 Å². The predicted octanol–water partition coefficient (Wildman–Crippen LogP) is 0.281. The van der Waals surface area contributed by atoms with Crippen molar-refractivity contribution in [2.45, 2.75) is 4.90 Å². The summed E-state index contributed by atoms with van der Waals surface area (Å²) < 4.78 is 22.5. The predicted molar refractivity (Wildman–Crippen MR) is 57.3 cm³/mol. The number of hydrogen-bond acceptors (Lipinski definition) is 5. The topological polar surface area (TPSA) is 77.7 Å². The third kappa shape index (κ3) is 2.08. The van der Waals surface area contributed by atoms with E-state index in [9.17, 15) is 8.42 Å². The fourth-order valence-electron chi connectivity index (χ4n) is 1.25. The molecule has 2 aromatic rings. The molecule has 0 spiro atoms. The summed E-state index contributed by atoms with van der Waals surface area (Å²) in [5.74, 6) is 0.475. The van der Waals surface area contributed by atoms with Gasteiger partial charge in [0.1, 0.15) is 0 Å². The summed E-state index contributed by atoms with van der Waals surface area (Å²) in [6, 6.07) is 6.38. The largest absolute Gasteiger partial charge is 0.224 e. The zero-order valence-corrected chi connectivity index (χ0v) is 9.64. The van der Waals surface area contributed by atoms with Crippen LogP contribution >= 0.6 is 0 Å². The van der Waals surface area contributed by atoms with Crippen LogP contribution in [0.4, 0.5) is 0 Å². The first kappa shape index (κ1) is 10.7. The van der Waals surface area contributed by atoms with Gasteiger partial charge >= 0.3 is 0 Å². The van der Waals surface area contributed by atoms with Gasteiger partial charge in [0.15, 0.2) is 9.84 Å². The third-order valence-electron chi connectivity index (χ3n) is 2.05. The molecule has 0 radical (unpaired) electrons. The highest BCUT2D eigenvalue weighted by atomic mass is 32.2. The van der Waals surface area contributed by atoms with E-state index in [1.54, 1.807) is 19.2 Å². The molecule has 0 aliphatic heterocycles. The monoisotopic (exact) mass is 238 g/mol. The highest BCUT2D eigenvalue weighted by molar-refractivity contribution is 7.90. The number of benzene rings is 1. The minimum Gasteiger partial charge on any atom is -0.224 e. The molecule has 1 heterocycles. The van der Waals surface area contributed by atoms with Gasteiger partial charge in [0.2, 0.25) is 5.82 Å². The van der Waals surface area contributed by atoms with E-state index in [2.05, 4.69) is 15.4 Å². The third-order valence-corrected chi connectivity index (χ3v) is 3.18. The van der Waals surface area contributed by atoms with E-state index in [0.29, 0.717) is 5.82 Å². The smallest absolute Gasteiger partial charge is 0.204 e. The SMILES string of the molecule is Cn1nnc(-c2ccc(S(C)(=O)=O)cc2)n1. The number of aryl methyl sites for hydroxylation is 1. The molecule has 0 saturated carbocycles. The Labute approximate surface area is 92.8 Å². The van der Waals surface area contributed by atoms with E-state index in [1.807, 2.05) is 0 Å². The maximum atomic E-state index is 11.2. The molecule has 7 heteroatoms. The Morgan fingerprint density at radius 2 is 1.81 bits per heavy atom. The standard InChI is InChI=1S/C9H10N4O2S/c1-13-11-9(10-12-13)7-3-5-8(6-4-7)16(2,14)15/h3-6H,1-2H3. The highest BCUT2D eigenvalue weighted by Crippen LogP contribution is 2.16. The van der Waals surface area contributed by atoms with Crippen molar-refractivity contribution < 1.29 is 8.42 Å². The minimum atomic E-state index is -3.16. The first-order chi connectivity index (χ1) is 7.47. The van der Waals surface area contributed by atoms with Crippen LogP contribution in [0.1, 0.15) is 0 Å². The lowest BCUT2D eigenvalue weighted by Crippen LogP contribution is -1.96. The number of hydrogen-bond donors (Lipinski definition) is 0. The van der Waals surface area contributed by atoms with Gasteiger partial charge in [-0.05, 0) is 29.5 Å². The Hall–Kier alpha value is -1.76. The lowest BCUT2D eigenvalue weighted by Gasteiger charge is -1.98. The zero-order valence-electron chi connectivity index (χ0n) is 8.82. The van der Waals surface area contributed by atoms with Crippen molar-refractivity contribution in [1.82, 2.24) is 20.2 Å². The molecule has 0 saturated heterocycles. The van der Waals surface area contributed by atoms with Crippen molar-refractivity contribution in [2.24, 2.45) is 7.05 Å². The fourth-order valence-corrected chi connectivity index (χ4v) is 1.88. The molecule has 1 aromatic heterocycles. The molecule has 16 heavy (non-hydrogen) atoms. The van der Waals surface area contributed by atoms with Crippen LogP contribution in [0.3, 0.4) is 0 Å². The van der Waals surface area contributed by atoms with Crippen LogP contribution in [0.5, 0.6) is 0 Å². The number of nitrogens with zero attached hydrogens (tertiary/aromatic N) is 4. The average molecular weight is 238 g/mol. The van der Waals surface area contributed by atoms with Crippen LogP contribution in [0, 0.1) is 0 Å². The van der Waals surface area contributed by atoms with Gasteiger partial charge in [-0.1, -0.05) is 0 Å². The van der Waals surface area contributed by atoms with Gasteiger partial charge < -0.3 is 0 Å². The molecule has 0 bridgehead atoms. The maximum absolute atomic E-state index is 11.2. The van der Waals surface area contributed by atoms with Gasteiger partial charge in [-0.2, -0.15) is 4.80 Å². The van der Waals surface area contributed by atoms with E-state index in [4.69, 9.17) is 0 Å². The Kier molecular flexibility index (Phi) is 2.47. The number of sulfone groups is 1. The Morgan fingerprint density at radius 1 is 1.19 bits per heavy atom. The molecule has 0 N–H and O–H groups in total. The minimum absolute atomic E-state index is 0.278. The van der Waals surface area contributed by atoms with Crippen molar-refractivity contribution in [3.63, 3.8) is 0 Å². The number of tetrazole rings is 1. The Morgan fingerprint density at radius 3 is 2.25 bits per heavy atom. The summed E-state index contributed by atoms with van der Waals surface area (Å²) in [7, 11) is -1.49. The molecule has 0 atom stereocenters. The quantitative estimate of drug-likeness (QED) is 0.751. The van der Waals surface area contributed by atoms with Crippen LogP contribution < -0.4 is 0 Å². The molecule has 2 rings (SSSR count).